The number of aliphatic carboxylic acids is 1. The van der Waals surface area contributed by atoms with Gasteiger partial charge in [-0.2, -0.15) is 13.2 Å². The van der Waals surface area contributed by atoms with E-state index in [2.05, 4.69) is 0 Å². The van der Waals surface area contributed by atoms with Gasteiger partial charge in [0, 0.05) is 19.6 Å². The SMILES string of the molecule is O=C(O)C1CN(Cc2ccc(F)cc2C(F)(F)F)CCO1. The smallest absolute Gasteiger partial charge is 0.416 e. The summed E-state index contributed by atoms with van der Waals surface area (Å²) in [6.45, 7) is 0.324. The van der Waals surface area contributed by atoms with Gasteiger partial charge in [-0.1, -0.05) is 6.07 Å². The summed E-state index contributed by atoms with van der Waals surface area (Å²) in [5.74, 6) is -2.12. The highest BCUT2D eigenvalue weighted by molar-refractivity contribution is 5.72. The van der Waals surface area contributed by atoms with Crippen molar-refractivity contribution in [2.24, 2.45) is 0 Å². The van der Waals surface area contributed by atoms with E-state index in [-0.39, 0.29) is 25.3 Å². The molecule has 0 aromatic heterocycles. The first-order chi connectivity index (χ1) is 9.77. The van der Waals surface area contributed by atoms with Crippen molar-refractivity contribution < 1.29 is 32.2 Å². The molecule has 0 aliphatic carbocycles. The molecule has 1 atom stereocenters. The Hall–Kier alpha value is -1.67. The number of benzene rings is 1. The maximum atomic E-state index is 13.0. The number of hydrogen-bond donors (Lipinski definition) is 1. The Labute approximate surface area is 117 Å². The van der Waals surface area contributed by atoms with E-state index in [1.807, 2.05) is 0 Å². The Balaban J connectivity index is 2.18. The van der Waals surface area contributed by atoms with Crippen LogP contribution in [-0.4, -0.2) is 41.8 Å². The van der Waals surface area contributed by atoms with Crippen LogP contribution in [0.2, 0.25) is 0 Å². The Morgan fingerprint density at radius 3 is 2.76 bits per heavy atom. The number of carboxylic acids is 1. The zero-order chi connectivity index (χ0) is 15.6. The highest BCUT2D eigenvalue weighted by Gasteiger charge is 2.35. The standard InChI is InChI=1S/C13H13F4NO3/c14-9-2-1-8(10(5-9)13(15,16)17)6-18-3-4-21-11(7-18)12(19)20/h1-2,5,11H,3-4,6-7H2,(H,19,20). The lowest BCUT2D eigenvalue weighted by Gasteiger charge is -2.31. The molecule has 0 radical (unpaired) electrons. The molecule has 1 fully saturated rings. The monoisotopic (exact) mass is 307 g/mol. The fourth-order valence-corrected chi connectivity index (χ4v) is 2.19. The van der Waals surface area contributed by atoms with E-state index in [0.29, 0.717) is 12.6 Å². The van der Waals surface area contributed by atoms with E-state index in [1.54, 1.807) is 4.90 Å². The molecule has 0 amide bonds. The van der Waals surface area contributed by atoms with Gasteiger partial charge in [0.15, 0.2) is 6.10 Å². The second kappa shape index (κ2) is 5.98. The fourth-order valence-electron chi connectivity index (χ4n) is 2.19. The molecule has 21 heavy (non-hydrogen) atoms. The molecule has 1 heterocycles. The second-order valence-electron chi connectivity index (χ2n) is 4.73. The maximum Gasteiger partial charge on any atom is 0.416 e. The van der Waals surface area contributed by atoms with Crippen LogP contribution in [0.3, 0.4) is 0 Å². The van der Waals surface area contributed by atoms with E-state index < -0.39 is 29.6 Å². The van der Waals surface area contributed by atoms with Crippen molar-refractivity contribution in [1.29, 1.82) is 0 Å². The van der Waals surface area contributed by atoms with E-state index in [4.69, 9.17) is 9.84 Å². The van der Waals surface area contributed by atoms with Gasteiger partial charge in [-0.25, -0.2) is 9.18 Å². The average molecular weight is 307 g/mol. The summed E-state index contributed by atoms with van der Waals surface area (Å²) in [5.41, 5.74) is -1.13. The molecule has 1 N–H and O–H groups in total. The zero-order valence-corrected chi connectivity index (χ0v) is 10.9. The number of rotatable bonds is 3. The predicted octanol–water partition coefficient (Wildman–Crippen LogP) is 2.13. The van der Waals surface area contributed by atoms with Crippen molar-refractivity contribution in [2.45, 2.75) is 18.8 Å². The number of nitrogens with zero attached hydrogens (tertiary/aromatic N) is 1. The van der Waals surface area contributed by atoms with Gasteiger partial charge in [-0.3, -0.25) is 4.90 Å². The van der Waals surface area contributed by atoms with Gasteiger partial charge in [0.05, 0.1) is 12.2 Å². The zero-order valence-electron chi connectivity index (χ0n) is 10.9. The molecule has 1 aliphatic heterocycles. The Bertz CT molecular complexity index is 533. The number of morpholine rings is 1. The largest absolute Gasteiger partial charge is 0.479 e. The van der Waals surface area contributed by atoms with E-state index >= 15 is 0 Å². The third-order valence-corrected chi connectivity index (χ3v) is 3.20. The van der Waals surface area contributed by atoms with Gasteiger partial charge in [0.2, 0.25) is 0 Å². The van der Waals surface area contributed by atoms with Crippen molar-refractivity contribution in [3.05, 3.63) is 35.1 Å². The third-order valence-electron chi connectivity index (χ3n) is 3.20. The van der Waals surface area contributed by atoms with E-state index in [1.165, 1.54) is 0 Å². The number of carbonyl (C=O) groups is 1. The van der Waals surface area contributed by atoms with Gasteiger partial charge in [-0.15, -0.1) is 0 Å². The first-order valence-corrected chi connectivity index (χ1v) is 6.20. The van der Waals surface area contributed by atoms with Gasteiger partial charge >= 0.3 is 12.1 Å². The molecule has 0 bridgehead atoms. The van der Waals surface area contributed by atoms with Crippen LogP contribution in [0.25, 0.3) is 0 Å². The van der Waals surface area contributed by atoms with Crippen molar-refractivity contribution in [2.75, 3.05) is 19.7 Å². The third kappa shape index (κ3) is 3.92. The molecule has 116 valence electrons. The van der Waals surface area contributed by atoms with Crippen LogP contribution >= 0.6 is 0 Å². The van der Waals surface area contributed by atoms with Crippen molar-refractivity contribution in [1.82, 2.24) is 4.90 Å². The molecule has 1 aromatic carbocycles. The van der Waals surface area contributed by atoms with Crippen molar-refractivity contribution >= 4 is 5.97 Å². The molecule has 1 saturated heterocycles. The number of hydrogen-bond acceptors (Lipinski definition) is 3. The lowest BCUT2D eigenvalue weighted by molar-refractivity contribution is -0.156. The van der Waals surface area contributed by atoms with Gasteiger partial charge < -0.3 is 9.84 Å². The lowest BCUT2D eigenvalue weighted by Crippen LogP contribution is -2.45. The molecule has 4 nitrogen and oxygen atoms in total. The molecule has 0 spiro atoms. The number of carboxylic acid groups (broad SMARTS) is 1. The van der Waals surface area contributed by atoms with Crippen LogP contribution in [0.5, 0.6) is 0 Å². The minimum Gasteiger partial charge on any atom is -0.479 e. The molecule has 2 rings (SSSR count). The van der Waals surface area contributed by atoms with Crippen LogP contribution in [0.1, 0.15) is 11.1 Å². The maximum absolute atomic E-state index is 13.0. The summed E-state index contributed by atoms with van der Waals surface area (Å²) in [7, 11) is 0. The molecule has 1 aliphatic rings. The summed E-state index contributed by atoms with van der Waals surface area (Å²) in [6, 6.07) is 2.48. The van der Waals surface area contributed by atoms with Crippen molar-refractivity contribution in [3.63, 3.8) is 0 Å². The summed E-state index contributed by atoms with van der Waals surface area (Å²) in [5, 5.41) is 8.86. The summed E-state index contributed by atoms with van der Waals surface area (Å²) < 4.78 is 56.7. The first-order valence-electron chi connectivity index (χ1n) is 6.20. The first kappa shape index (κ1) is 15.7. The Kier molecular flexibility index (Phi) is 4.48. The topological polar surface area (TPSA) is 49.8 Å². The highest BCUT2D eigenvalue weighted by atomic mass is 19.4. The summed E-state index contributed by atoms with van der Waals surface area (Å²) in [4.78, 5) is 12.4. The second-order valence-corrected chi connectivity index (χ2v) is 4.73. The molecular formula is C13H13F4NO3. The van der Waals surface area contributed by atoms with Crippen LogP contribution in [-0.2, 0) is 22.3 Å². The number of halogens is 4. The van der Waals surface area contributed by atoms with Crippen LogP contribution < -0.4 is 0 Å². The van der Waals surface area contributed by atoms with Crippen LogP contribution in [0.15, 0.2) is 18.2 Å². The van der Waals surface area contributed by atoms with Gasteiger partial charge in [0.25, 0.3) is 0 Å². The molecule has 1 unspecified atom stereocenters. The summed E-state index contributed by atoms with van der Waals surface area (Å²) in [6.07, 6.45) is -5.72. The average Bonchev–Trinajstić information content (AvgIpc) is 2.40. The molecule has 8 heteroatoms. The summed E-state index contributed by atoms with van der Waals surface area (Å²) >= 11 is 0. The number of alkyl halides is 3. The van der Waals surface area contributed by atoms with Crippen LogP contribution in [0.4, 0.5) is 17.6 Å². The lowest BCUT2D eigenvalue weighted by atomic mass is 10.1. The highest BCUT2D eigenvalue weighted by Crippen LogP contribution is 2.33. The van der Waals surface area contributed by atoms with E-state index in [9.17, 15) is 22.4 Å². The molecule has 1 aromatic rings. The molecular weight excluding hydrogens is 294 g/mol. The minimum absolute atomic E-state index is 0.00991. The quantitative estimate of drug-likeness (QED) is 0.869. The van der Waals surface area contributed by atoms with E-state index in [0.717, 1.165) is 12.1 Å². The van der Waals surface area contributed by atoms with Crippen molar-refractivity contribution in [3.8, 4) is 0 Å². The fraction of sp³-hybridized carbons (Fsp3) is 0.462. The normalized spacial score (nSPS) is 20.5. The Morgan fingerprint density at radius 2 is 2.14 bits per heavy atom. The van der Waals surface area contributed by atoms with Gasteiger partial charge in [-0.05, 0) is 17.7 Å². The minimum atomic E-state index is -4.66. The Morgan fingerprint density at radius 1 is 1.43 bits per heavy atom. The predicted molar refractivity (Wildman–Crippen MR) is 64.1 cm³/mol. The number of ether oxygens (including phenoxy) is 1. The molecule has 0 saturated carbocycles. The van der Waals surface area contributed by atoms with Gasteiger partial charge in [0.1, 0.15) is 5.82 Å². The van der Waals surface area contributed by atoms with Crippen LogP contribution in [0, 0.1) is 5.82 Å².